The minimum atomic E-state index is -0.536. The summed E-state index contributed by atoms with van der Waals surface area (Å²) in [5, 5.41) is 13.7. The smallest absolute Gasteiger partial charge is 0.0768 e. The molecule has 2 fully saturated rings. The number of aliphatic hydroxyl groups is 1. The summed E-state index contributed by atoms with van der Waals surface area (Å²) >= 11 is 0. The van der Waals surface area contributed by atoms with Crippen LogP contribution in [-0.2, 0) is 0 Å². The first-order chi connectivity index (χ1) is 6.99. The number of nitrogens with zero attached hydrogens (tertiary/aromatic N) is 1. The third-order valence-corrected chi connectivity index (χ3v) is 4.25. The van der Waals surface area contributed by atoms with Gasteiger partial charge in [-0.05, 0) is 37.8 Å². The molecule has 0 radical (unpaired) electrons. The highest BCUT2D eigenvalue weighted by Crippen LogP contribution is 2.28. The van der Waals surface area contributed by atoms with Gasteiger partial charge < -0.3 is 10.4 Å². The molecule has 2 saturated heterocycles. The molecule has 0 aliphatic carbocycles. The summed E-state index contributed by atoms with van der Waals surface area (Å²) in [6, 6.07) is 0. The van der Waals surface area contributed by atoms with Crippen molar-refractivity contribution in [1.29, 1.82) is 0 Å². The molecule has 0 aromatic carbocycles. The molecular formula is C12H24N2O. The normalized spacial score (nSPS) is 35.8. The first-order valence-corrected chi connectivity index (χ1v) is 6.14. The van der Waals surface area contributed by atoms with Crippen molar-refractivity contribution in [2.75, 3.05) is 32.7 Å². The van der Waals surface area contributed by atoms with E-state index >= 15 is 0 Å². The Morgan fingerprint density at radius 2 is 1.87 bits per heavy atom. The van der Waals surface area contributed by atoms with Crippen molar-refractivity contribution in [3.63, 3.8) is 0 Å². The number of likely N-dealkylation sites (tertiary alicyclic amines) is 1. The maximum absolute atomic E-state index is 10.3. The molecule has 0 spiro atoms. The molecule has 1 unspecified atom stereocenters. The molecule has 3 atom stereocenters. The quantitative estimate of drug-likeness (QED) is 0.717. The third-order valence-electron chi connectivity index (χ3n) is 4.25. The minimum Gasteiger partial charge on any atom is -0.389 e. The zero-order chi connectivity index (χ0) is 11.1. The van der Waals surface area contributed by atoms with Crippen LogP contribution in [0.15, 0.2) is 0 Å². The number of fused-ring (bicyclic) bond motifs is 1. The van der Waals surface area contributed by atoms with E-state index < -0.39 is 5.60 Å². The molecule has 2 aliphatic rings. The standard InChI is InChI=1S/C12H24N2O/c1-9(2)12(3,15)8-14-6-10-4-13-5-11(10)7-14/h9-11,13,15H,4-8H2,1-3H3/t10-,11+,12?. The van der Waals surface area contributed by atoms with Crippen LogP contribution in [0, 0.1) is 17.8 Å². The van der Waals surface area contributed by atoms with Gasteiger partial charge in [-0.2, -0.15) is 0 Å². The number of hydrogen-bond acceptors (Lipinski definition) is 3. The molecule has 2 aliphatic heterocycles. The minimum absolute atomic E-state index is 0.330. The average molecular weight is 212 g/mol. The molecular weight excluding hydrogens is 188 g/mol. The van der Waals surface area contributed by atoms with Gasteiger partial charge in [0, 0.05) is 19.6 Å². The Bertz CT molecular complexity index is 216. The Morgan fingerprint density at radius 1 is 1.33 bits per heavy atom. The van der Waals surface area contributed by atoms with Gasteiger partial charge in [0.1, 0.15) is 0 Å². The largest absolute Gasteiger partial charge is 0.389 e. The van der Waals surface area contributed by atoms with E-state index in [1.54, 1.807) is 0 Å². The van der Waals surface area contributed by atoms with Gasteiger partial charge in [-0.1, -0.05) is 13.8 Å². The molecule has 88 valence electrons. The van der Waals surface area contributed by atoms with E-state index in [-0.39, 0.29) is 0 Å². The van der Waals surface area contributed by atoms with Crippen molar-refractivity contribution in [3.8, 4) is 0 Å². The van der Waals surface area contributed by atoms with Crippen molar-refractivity contribution < 1.29 is 5.11 Å². The second-order valence-electron chi connectivity index (χ2n) is 5.88. The predicted octanol–water partition coefficient (Wildman–Crippen LogP) is 0.545. The van der Waals surface area contributed by atoms with Crippen LogP contribution < -0.4 is 5.32 Å². The molecule has 3 nitrogen and oxygen atoms in total. The second kappa shape index (κ2) is 4.04. The van der Waals surface area contributed by atoms with Gasteiger partial charge in [-0.3, -0.25) is 4.90 Å². The lowest BCUT2D eigenvalue weighted by Crippen LogP contribution is -2.44. The molecule has 2 rings (SSSR count). The highest BCUT2D eigenvalue weighted by atomic mass is 16.3. The first kappa shape index (κ1) is 11.4. The van der Waals surface area contributed by atoms with Crippen molar-refractivity contribution in [3.05, 3.63) is 0 Å². The number of β-amino-alcohol motifs (C(OH)–C–C–N with tert-alkyl or cyclic N) is 1. The fourth-order valence-electron chi connectivity index (χ4n) is 2.72. The van der Waals surface area contributed by atoms with Gasteiger partial charge in [-0.25, -0.2) is 0 Å². The topological polar surface area (TPSA) is 35.5 Å². The van der Waals surface area contributed by atoms with E-state index in [4.69, 9.17) is 0 Å². The highest BCUT2D eigenvalue weighted by molar-refractivity contribution is 4.93. The Balaban J connectivity index is 1.87. The summed E-state index contributed by atoms with van der Waals surface area (Å²) in [5.74, 6) is 1.98. The molecule has 2 N–H and O–H groups in total. The monoisotopic (exact) mass is 212 g/mol. The van der Waals surface area contributed by atoms with Gasteiger partial charge in [0.15, 0.2) is 0 Å². The fourth-order valence-corrected chi connectivity index (χ4v) is 2.72. The summed E-state index contributed by atoms with van der Waals surface area (Å²) in [7, 11) is 0. The zero-order valence-corrected chi connectivity index (χ0v) is 10.2. The van der Waals surface area contributed by atoms with E-state index in [2.05, 4.69) is 24.1 Å². The third kappa shape index (κ3) is 2.35. The van der Waals surface area contributed by atoms with Gasteiger partial charge in [0.25, 0.3) is 0 Å². The van der Waals surface area contributed by atoms with E-state index in [0.717, 1.165) is 18.4 Å². The molecule has 0 saturated carbocycles. The lowest BCUT2D eigenvalue weighted by Gasteiger charge is -2.32. The SMILES string of the molecule is CC(C)C(C)(O)CN1C[C@H]2CNC[C@H]2C1. The molecule has 0 aromatic rings. The van der Waals surface area contributed by atoms with Crippen LogP contribution in [0.4, 0.5) is 0 Å². The van der Waals surface area contributed by atoms with Crippen LogP contribution >= 0.6 is 0 Å². The number of rotatable bonds is 3. The maximum Gasteiger partial charge on any atom is 0.0768 e. The summed E-state index contributed by atoms with van der Waals surface area (Å²) in [6.07, 6.45) is 0. The molecule has 3 heteroatoms. The van der Waals surface area contributed by atoms with E-state index in [1.165, 1.54) is 26.2 Å². The van der Waals surface area contributed by atoms with E-state index in [1.807, 2.05) is 6.92 Å². The second-order valence-corrected chi connectivity index (χ2v) is 5.88. The zero-order valence-electron chi connectivity index (χ0n) is 10.2. The Hall–Kier alpha value is -0.120. The molecule has 0 bridgehead atoms. The van der Waals surface area contributed by atoms with Crippen LogP contribution in [0.3, 0.4) is 0 Å². The lowest BCUT2D eigenvalue weighted by molar-refractivity contribution is -0.0150. The maximum atomic E-state index is 10.3. The Labute approximate surface area is 92.8 Å². The van der Waals surface area contributed by atoms with Crippen molar-refractivity contribution in [2.24, 2.45) is 17.8 Å². The molecule has 0 aromatic heterocycles. The van der Waals surface area contributed by atoms with Crippen LogP contribution in [0.25, 0.3) is 0 Å². The first-order valence-electron chi connectivity index (χ1n) is 6.14. The number of nitrogens with one attached hydrogen (secondary N) is 1. The van der Waals surface area contributed by atoms with Crippen LogP contribution in [-0.4, -0.2) is 48.3 Å². The van der Waals surface area contributed by atoms with Crippen LogP contribution in [0.2, 0.25) is 0 Å². The predicted molar refractivity (Wildman–Crippen MR) is 61.8 cm³/mol. The van der Waals surface area contributed by atoms with Crippen molar-refractivity contribution >= 4 is 0 Å². The Kier molecular flexibility index (Phi) is 3.06. The van der Waals surface area contributed by atoms with E-state index in [0.29, 0.717) is 5.92 Å². The molecule has 2 heterocycles. The summed E-state index contributed by atoms with van der Waals surface area (Å²) < 4.78 is 0. The molecule has 15 heavy (non-hydrogen) atoms. The Morgan fingerprint density at radius 3 is 2.33 bits per heavy atom. The van der Waals surface area contributed by atoms with E-state index in [9.17, 15) is 5.11 Å². The fraction of sp³-hybridized carbons (Fsp3) is 1.00. The number of hydrogen-bond donors (Lipinski definition) is 2. The summed E-state index contributed by atoms with van der Waals surface area (Å²) in [5.41, 5.74) is -0.536. The van der Waals surface area contributed by atoms with Crippen molar-refractivity contribution in [1.82, 2.24) is 10.2 Å². The van der Waals surface area contributed by atoms with Gasteiger partial charge >= 0.3 is 0 Å². The molecule has 0 amide bonds. The summed E-state index contributed by atoms with van der Waals surface area (Å²) in [6.45, 7) is 11.7. The highest BCUT2D eigenvalue weighted by Gasteiger charge is 2.38. The van der Waals surface area contributed by atoms with Crippen LogP contribution in [0.1, 0.15) is 20.8 Å². The summed E-state index contributed by atoms with van der Waals surface area (Å²) in [4.78, 5) is 2.44. The lowest BCUT2D eigenvalue weighted by atomic mass is 9.92. The van der Waals surface area contributed by atoms with Gasteiger partial charge in [0.2, 0.25) is 0 Å². The van der Waals surface area contributed by atoms with Crippen LogP contribution in [0.5, 0.6) is 0 Å². The van der Waals surface area contributed by atoms with Gasteiger partial charge in [-0.15, -0.1) is 0 Å². The average Bonchev–Trinajstić information content (AvgIpc) is 2.62. The van der Waals surface area contributed by atoms with Crippen molar-refractivity contribution in [2.45, 2.75) is 26.4 Å². The van der Waals surface area contributed by atoms with Gasteiger partial charge in [0.05, 0.1) is 5.60 Å².